The molecule has 1 fully saturated rings. The molecule has 3 rings (SSSR count). The molecule has 0 amide bonds. The molecule has 1 heterocycles. The van der Waals surface area contributed by atoms with Crippen molar-refractivity contribution in [3.05, 3.63) is 18.2 Å². The van der Waals surface area contributed by atoms with Crippen LogP contribution in [0.1, 0.15) is 12.8 Å². The summed E-state index contributed by atoms with van der Waals surface area (Å²) in [6.07, 6.45) is 2.62. The van der Waals surface area contributed by atoms with Crippen molar-refractivity contribution in [3.8, 4) is 0 Å². The molecule has 2 N–H and O–H groups in total. The molecule has 0 radical (unpaired) electrons. The van der Waals surface area contributed by atoms with E-state index in [1.54, 1.807) is 6.07 Å². The summed E-state index contributed by atoms with van der Waals surface area (Å²) in [6, 6.07) is 5.48. The van der Waals surface area contributed by atoms with Gasteiger partial charge in [-0.15, -0.1) is 0 Å². The summed E-state index contributed by atoms with van der Waals surface area (Å²) < 4.78 is 11.1. The Bertz CT molecular complexity index is 522. The van der Waals surface area contributed by atoms with Gasteiger partial charge in [-0.1, -0.05) is 0 Å². The van der Waals surface area contributed by atoms with Crippen molar-refractivity contribution in [2.45, 2.75) is 18.1 Å². The van der Waals surface area contributed by atoms with Crippen LogP contribution in [0.3, 0.4) is 0 Å². The SMILES string of the molecule is Nc1ccc2nc(SCOCC3CC3)oc2c1. The molecule has 1 aromatic heterocycles. The molecule has 0 spiro atoms. The van der Waals surface area contributed by atoms with Gasteiger partial charge in [-0.25, -0.2) is 4.98 Å². The highest BCUT2D eigenvalue weighted by molar-refractivity contribution is 7.98. The fourth-order valence-electron chi connectivity index (χ4n) is 1.57. The van der Waals surface area contributed by atoms with Gasteiger partial charge in [-0.05, 0) is 42.7 Å². The third kappa shape index (κ3) is 2.73. The Kier molecular flexibility index (Phi) is 2.94. The van der Waals surface area contributed by atoms with E-state index in [1.165, 1.54) is 24.6 Å². The second-order valence-corrected chi connectivity index (χ2v) is 5.16. The lowest BCUT2D eigenvalue weighted by Gasteiger charge is -1.98. The second kappa shape index (κ2) is 4.58. The lowest BCUT2D eigenvalue weighted by atomic mass is 10.3. The molecule has 0 atom stereocenters. The third-order valence-electron chi connectivity index (χ3n) is 2.71. The molecule has 0 saturated heterocycles. The first kappa shape index (κ1) is 10.9. The monoisotopic (exact) mass is 250 g/mol. The fraction of sp³-hybridized carbons (Fsp3) is 0.417. The normalized spacial score (nSPS) is 15.5. The van der Waals surface area contributed by atoms with Gasteiger partial charge in [0.25, 0.3) is 5.22 Å². The maximum Gasteiger partial charge on any atom is 0.259 e. The molecule has 4 nitrogen and oxygen atoms in total. The maximum atomic E-state index is 5.68. The number of aromatic nitrogens is 1. The number of hydrogen-bond donors (Lipinski definition) is 1. The Balaban J connectivity index is 1.60. The van der Waals surface area contributed by atoms with Gasteiger partial charge < -0.3 is 14.9 Å². The topological polar surface area (TPSA) is 61.3 Å². The van der Waals surface area contributed by atoms with E-state index >= 15 is 0 Å². The minimum atomic E-state index is 0.596. The number of ether oxygens (including phenoxy) is 1. The van der Waals surface area contributed by atoms with Crippen LogP contribution in [0, 0.1) is 5.92 Å². The van der Waals surface area contributed by atoms with E-state index in [2.05, 4.69) is 4.98 Å². The van der Waals surface area contributed by atoms with Crippen LogP contribution in [0.2, 0.25) is 0 Å². The van der Waals surface area contributed by atoms with Crippen LogP contribution >= 0.6 is 11.8 Å². The number of nitrogens with two attached hydrogens (primary N) is 1. The van der Waals surface area contributed by atoms with Gasteiger partial charge in [0.05, 0.1) is 6.61 Å². The van der Waals surface area contributed by atoms with E-state index in [1.807, 2.05) is 12.1 Å². The first-order chi connectivity index (χ1) is 8.31. The average molecular weight is 250 g/mol. The van der Waals surface area contributed by atoms with Gasteiger partial charge in [0.2, 0.25) is 0 Å². The number of nitrogens with zero attached hydrogens (tertiary/aromatic N) is 1. The molecule has 2 aromatic rings. The van der Waals surface area contributed by atoms with Crippen molar-refractivity contribution in [1.82, 2.24) is 4.98 Å². The van der Waals surface area contributed by atoms with Crippen molar-refractivity contribution in [3.63, 3.8) is 0 Å². The quantitative estimate of drug-likeness (QED) is 0.382. The Morgan fingerprint density at radius 2 is 2.35 bits per heavy atom. The summed E-state index contributed by atoms with van der Waals surface area (Å²) in [5.74, 6) is 1.39. The minimum absolute atomic E-state index is 0.596. The summed E-state index contributed by atoms with van der Waals surface area (Å²) in [6.45, 7) is 0.861. The predicted molar refractivity (Wildman–Crippen MR) is 67.8 cm³/mol. The standard InChI is InChI=1S/C12H14N2O2S/c13-9-3-4-10-11(5-9)16-12(14-10)17-7-15-6-8-1-2-8/h3-5,8H,1-2,6-7,13H2. The zero-order valence-corrected chi connectivity index (χ0v) is 10.2. The van der Waals surface area contributed by atoms with Crippen LogP contribution in [-0.4, -0.2) is 17.5 Å². The van der Waals surface area contributed by atoms with Crippen molar-refractivity contribution < 1.29 is 9.15 Å². The summed E-state index contributed by atoms with van der Waals surface area (Å²) in [5.41, 5.74) is 7.93. The molecule has 90 valence electrons. The van der Waals surface area contributed by atoms with E-state index in [4.69, 9.17) is 14.9 Å². The number of thioether (sulfide) groups is 1. The van der Waals surface area contributed by atoms with Gasteiger partial charge in [-0.2, -0.15) is 0 Å². The molecule has 5 heteroatoms. The highest BCUT2D eigenvalue weighted by Gasteiger charge is 2.21. The lowest BCUT2D eigenvalue weighted by molar-refractivity contribution is 0.170. The highest BCUT2D eigenvalue weighted by atomic mass is 32.2. The predicted octanol–water partition coefficient (Wildman–Crippen LogP) is 2.89. The van der Waals surface area contributed by atoms with E-state index in [-0.39, 0.29) is 0 Å². The van der Waals surface area contributed by atoms with E-state index in [0.29, 0.717) is 16.8 Å². The molecule has 1 aromatic carbocycles. The smallest absolute Gasteiger partial charge is 0.259 e. The zero-order chi connectivity index (χ0) is 11.7. The number of nitrogen functional groups attached to an aromatic ring is 1. The molecule has 1 aliphatic carbocycles. The summed E-state index contributed by atoms with van der Waals surface area (Å²) in [4.78, 5) is 4.35. The molecule has 17 heavy (non-hydrogen) atoms. The van der Waals surface area contributed by atoms with Crippen molar-refractivity contribution >= 4 is 28.5 Å². The fourth-order valence-corrected chi connectivity index (χ4v) is 2.17. The Labute approximate surface area is 104 Å². The minimum Gasteiger partial charge on any atom is -0.431 e. The molecule has 0 aliphatic heterocycles. The highest BCUT2D eigenvalue weighted by Crippen LogP contribution is 2.30. The molecule has 0 unspecified atom stereocenters. The third-order valence-corrected chi connectivity index (χ3v) is 3.42. The zero-order valence-electron chi connectivity index (χ0n) is 9.39. The van der Waals surface area contributed by atoms with Gasteiger partial charge in [0.15, 0.2) is 5.58 Å². The number of fused-ring (bicyclic) bond motifs is 1. The van der Waals surface area contributed by atoms with E-state index in [9.17, 15) is 0 Å². The summed E-state index contributed by atoms with van der Waals surface area (Å²) in [7, 11) is 0. The summed E-state index contributed by atoms with van der Waals surface area (Å²) >= 11 is 1.48. The first-order valence-corrected chi connectivity index (χ1v) is 6.66. The molecular formula is C12H14N2O2S. The number of rotatable bonds is 5. The molecule has 0 bridgehead atoms. The van der Waals surface area contributed by atoms with Crippen LogP contribution in [0.25, 0.3) is 11.1 Å². The Morgan fingerprint density at radius 3 is 3.18 bits per heavy atom. The average Bonchev–Trinajstić information content (AvgIpc) is 3.04. The number of hydrogen-bond acceptors (Lipinski definition) is 5. The summed E-state index contributed by atoms with van der Waals surface area (Å²) in [5, 5.41) is 0.640. The van der Waals surface area contributed by atoms with Gasteiger partial charge in [0, 0.05) is 11.8 Å². The van der Waals surface area contributed by atoms with Gasteiger partial charge in [-0.3, -0.25) is 0 Å². The molecular weight excluding hydrogens is 236 g/mol. The molecule has 1 saturated carbocycles. The van der Waals surface area contributed by atoms with Crippen molar-refractivity contribution in [2.24, 2.45) is 5.92 Å². The van der Waals surface area contributed by atoms with Crippen molar-refractivity contribution in [1.29, 1.82) is 0 Å². The van der Waals surface area contributed by atoms with Crippen LogP contribution < -0.4 is 5.73 Å². The van der Waals surface area contributed by atoms with E-state index < -0.39 is 0 Å². The van der Waals surface area contributed by atoms with Gasteiger partial charge >= 0.3 is 0 Å². The largest absolute Gasteiger partial charge is 0.431 e. The Morgan fingerprint density at radius 1 is 1.47 bits per heavy atom. The lowest BCUT2D eigenvalue weighted by Crippen LogP contribution is -1.94. The van der Waals surface area contributed by atoms with Crippen LogP contribution in [0.5, 0.6) is 0 Å². The molecule has 1 aliphatic rings. The van der Waals surface area contributed by atoms with Crippen LogP contribution in [0.15, 0.2) is 27.8 Å². The Hall–Kier alpha value is -1.20. The van der Waals surface area contributed by atoms with E-state index in [0.717, 1.165) is 23.6 Å². The number of oxazole rings is 1. The second-order valence-electron chi connectivity index (χ2n) is 4.28. The van der Waals surface area contributed by atoms with Crippen LogP contribution in [0.4, 0.5) is 5.69 Å². The number of anilines is 1. The number of benzene rings is 1. The maximum absolute atomic E-state index is 5.68. The van der Waals surface area contributed by atoms with Crippen LogP contribution in [-0.2, 0) is 4.74 Å². The first-order valence-electron chi connectivity index (χ1n) is 5.68. The van der Waals surface area contributed by atoms with Gasteiger partial charge in [0.1, 0.15) is 11.5 Å². The van der Waals surface area contributed by atoms with Crippen molar-refractivity contribution in [2.75, 3.05) is 18.3 Å².